The second-order valence-electron chi connectivity index (χ2n) is 4.29. The first-order valence-electron chi connectivity index (χ1n) is 6.65. The van der Waals surface area contributed by atoms with Crippen LogP contribution < -0.4 is 20.1 Å². The lowest BCUT2D eigenvalue weighted by molar-refractivity contribution is 0.288. The summed E-state index contributed by atoms with van der Waals surface area (Å²) in [4.78, 5) is 0. The number of thiocarbonyl (C=S) groups is 1. The Hall–Kier alpha value is -1.75. The van der Waals surface area contributed by atoms with E-state index in [1.807, 2.05) is 39.0 Å². The van der Waals surface area contributed by atoms with Gasteiger partial charge in [0.2, 0.25) is 0 Å². The van der Waals surface area contributed by atoms with Crippen LogP contribution in [0.1, 0.15) is 20.8 Å². The van der Waals surface area contributed by atoms with E-state index in [0.29, 0.717) is 30.6 Å². The molecule has 0 radical (unpaired) electrons. The average Bonchev–Trinajstić information content (AvgIpc) is 2.40. The molecule has 1 aromatic rings. The maximum atomic E-state index is 5.57. The van der Waals surface area contributed by atoms with E-state index in [9.17, 15) is 0 Å². The molecular weight excluding hydrogens is 272 g/mol. The highest BCUT2D eigenvalue weighted by Crippen LogP contribution is 2.30. The van der Waals surface area contributed by atoms with Crippen LogP contribution >= 0.6 is 12.2 Å². The molecule has 0 bridgehead atoms. The standard InChI is InChI=1S/C15H22N2O2S/c1-5-18-13-8-7-12(9-14(13)19-6-2)17-15(20)16-10-11(3)4/h7-9H,3,5-6,10H2,1-2,4H3,(H2,16,17,20). The zero-order valence-electron chi connectivity index (χ0n) is 12.3. The summed E-state index contributed by atoms with van der Waals surface area (Å²) in [5.74, 6) is 1.45. The number of hydrogen-bond acceptors (Lipinski definition) is 3. The number of benzene rings is 1. The molecule has 0 amide bonds. The molecule has 0 heterocycles. The van der Waals surface area contributed by atoms with Crippen molar-refractivity contribution in [3.8, 4) is 11.5 Å². The van der Waals surface area contributed by atoms with Gasteiger partial charge in [-0.2, -0.15) is 0 Å². The van der Waals surface area contributed by atoms with Crippen LogP contribution in [-0.4, -0.2) is 24.9 Å². The second kappa shape index (κ2) is 8.43. The predicted octanol–water partition coefficient (Wildman–Crippen LogP) is 3.35. The summed E-state index contributed by atoms with van der Waals surface area (Å²) in [6.07, 6.45) is 0. The number of anilines is 1. The van der Waals surface area contributed by atoms with E-state index in [1.165, 1.54) is 0 Å². The lowest BCUT2D eigenvalue weighted by Gasteiger charge is -2.14. The van der Waals surface area contributed by atoms with Crippen molar-refractivity contribution in [1.29, 1.82) is 0 Å². The van der Waals surface area contributed by atoms with Gasteiger partial charge in [0.25, 0.3) is 0 Å². The Morgan fingerprint density at radius 1 is 1.20 bits per heavy atom. The van der Waals surface area contributed by atoms with Gasteiger partial charge in [-0.3, -0.25) is 0 Å². The van der Waals surface area contributed by atoms with Gasteiger partial charge in [0, 0.05) is 18.3 Å². The molecule has 0 aliphatic heterocycles. The first-order chi connectivity index (χ1) is 9.56. The molecule has 0 saturated carbocycles. The van der Waals surface area contributed by atoms with E-state index < -0.39 is 0 Å². The van der Waals surface area contributed by atoms with Crippen molar-refractivity contribution in [3.05, 3.63) is 30.4 Å². The van der Waals surface area contributed by atoms with Crippen molar-refractivity contribution in [2.45, 2.75) is 20.8 Å². The predicted molar refractivity (Wildman–Crippen MR) is 87.8 cm³/mol. The molecule has 2 N–H and O–H groups in total. The highest BCUT2D eigenvalue weighted by molar-refractivity contribution is 7.80. The van der Waals surface area contributed by atoms with Crippen LogP contribution in [0.25, 0.3) is 0 Å². The van der Waals surface area contributed by atoms with Gasteiger partial charge >= 0.3 is 0 Å². The van der Waals surface area contributed by atoms with Gasteiger partial charge in [0.05, 0.1) is 13.2 Å². The van der Waals surface area contributed by atoms with Crippen molar-refractivity contribution < 1.29 is 9.47 Å². The van der Waals surface area contributed by atoms with Crippen LogP contribution in [0, 0.1) is 0 Å². The van der Waals surface area contributed by atoms with Crippen LogP contribution in [0.3, 0.4) is 0 Å². The summed E-state index contributed by atoms with van der Waals surface area (Å²) in [5.41, 5.74) is 1.88. The Balaban J connectivity index is 2.73. The third-order valence-corrected chi connectivity index (χ3v) is 2.60. The van der Waals surface area contributed by atoms with Crippen LogP contribution in [0.4, 0.5) is 5.69 Å². The highest BCUT2D eigenvalue weighted by Gasteiger charge is 2.07. The second-order valence-corrected chi connectivity index (χ2v) is 4.70. The molecule has 0 fully saturated rings. The molecule has 0 spiro atoms. The minimum atomic E-state index is 0.555. The number of hydrogen-bond donors (Lipinski definition) is 2. The Morgan fingerprint density at radius 2 is 1.85 bits per heavy atom. The molecule has 1 rings (SSSR count). The molecule has 0 saturated heterocycles. The maximum Gasteiger partial charge on any atom is 0.171 e. The van der Waals surface area contributed by atoms with Gasteiger partial charge in [-0.25, -0.2) is 0 Å². The van der Waals surface area contributed by atoms with Crippen LogP contribution in [0.15, 0.2) is 30.4 Å². The van der Waals surface area contributed by atoms with Crippen molar-refractivity contribution in [2.24, 2.45) is 0 Å². The van der Waals surface area contributed by atoms with E-state index >= 15 is 0 Å². The molecular formula is C15H22N2O2S. The Labute approximate surface area is 126 Å². The van der Waals surface area contributed by atoms with Crippen LogP contribution in [0.2, 0.25) is 0 Å². The van der Waals surface area contributed by atoms with Gasteiger partial charge < -0.3 is 20.1 Å². The lowest BCUT2D eigenvalue weighted by atomic mass is 10.2. The molecule has 110 valence electrons. The number of rotatable bonds is 7. The maximum absolute atomic E-state index is 5.57. The summed E-state index contributed by atoms with van der Waals surface area (Å²) in [5, 5.41) is 6.73. The van der Waals surface area contributed by atoms with Gasteiger partial charge in [-0.05, 0) is 45.1 Å². The minimum absolute atomic E-state index is 0.555. The topological polar surface area (TPSA) is 42.5 Å². The summed E-state index contributed by atoms with van der Waals surface area (Å²) < 4.78 is 11.1. The average molecular weight is 294 g/mol. The van der Waals surface area contributed by atoms with E-state index in [2.05, 4.69) is 17.2 Å². The lowest BCUT2D eigenvalue weighted by Crippen LogP contribution is -2.29. The quantitative estimate of drug-likeness (QED) is 0.596. The van der Waals surface area contributed by atoms with Crippen molar-refractivity contribution in [3.63, 3.8) is 0 Å². The van der Waals surface area contributed by atoms with Crippen molar-refractivity contribution in [1.82, 2.24) is 5.32 Å². The van der Waals surface area contributed by atoms with E-state index in [-0.39, 0.29) is 0 Å². The Bertz CT molecular complexity index is 475. The number of ether oxygens (including phenoxy) is 2. The van der Waals surface area contributed by atoms with Crippen LogP contribution in [-0.2, 0) is 0 Å². The summed E-state index contributed by atoms with van der Waals surface area (Å²) in [6, 6.07) is 5.66. The zero-order valence-corrected chi connectivity index (χ0v) is 13.1. The SMILES string of the molecule is C=C(C)CNC(=S)Nc1ccc(OCC)c(OCC)c1. The molecule has 0 aliphatic carbocycles. The fourth-order valence-corrected chi connectivity index (χ4v) is 1.73. The van der Waals surface area contributed by atoms with Gasteiger partial charge in [0.15, 0.2) is 16.6 Å². The van der Waals surface area contributed by atoms with Gasteiger partial charge in [-0.15, -0.1) is 0 Å². The monoisotopic (exact) mass is 294 g/mol. The summed E-state index contributed by atoms with van der Waals surface area (Å²) >= 11 is 5.21. The molecule has 0 aliphatic rings. The summed E-state index contributed by atoms with van der Waals surface area (Å²) in [7, 11) is 0. The number of nitrogens with one attached hydrogen (secondary N) is 2. The summed E-state index contributed by atoms with van der Waals surface area (Å²) in [6.45, 7) is 11.5. The minimum Gasteiger partial charge on any atom is -0.490 e. The van der Waals surface area contributed by atoms with Gasteiger partial charge in [0.1, 0.15) is 0 Å². The molecule has 20 heavy (non-hydrogen) atoms. The fraction of sp³-hybridized carbons (Fsp3) is 0.400. The Morgan fingerprint density at radius 3 is 2.45 bits per heavy atom. The zero-order chi connectivity index (χ0) is 15.0. The van der Waals surface area contributed by atoms with Crippen molar-refractivity contribution >= 4 is 23.0 Å². The van der Waals surface area contributed by atoms with Gasteiger partial charge in [-0.1, -0.05) is 12.2 Å². The molecule has 0 atom stereocenters. The van der Waals surface area contributed by atoms with E-state index in [1.54, 1.807) is 0 Å². The third kappa shape index (κ3) is 5.48. The Kier molecular flexibility index (Phi) is 6.87. The highest BCUT2D eigenvalue weighted by atomic mass is 32.1. The molecule has 1 aromatic carbocycles. The normalized spacial score (nSPS) is 9.75. The largest absolute Gasteiger partial charge is 0.490 e. The first kappa shape index (κ1) is 16.3. The fourth-order valence-electron chi connectivity index (χ4n) is 1.54. The molecule has 4 nitrogen and oxygen atoms in total. The third-order valence-electron chi connectivity index (χ3n) is 2.35. The van der Waals surface area contributed by atoms with Crippen molar-refractivity contribution in [2.75, 3.05) is 25.1 Å². The molecule has 0 aromatic heterocycles. The first-order valence-corrected chi connectivity index (χ1v) is 7.06. The smallest absolute Gasteiger partial charge is 0.171 e. The molecule has 5 heteroatoms. The van der Waals surface area contributed by atoms with Crippen LogP contribution in [0.5, 0.6) is 11.5 Å². The molecule has 0 unspecified atom stereocenters. The van der Waals surface area contributed by atoms with E-state index in [0.717, 1.165) is 17.0 Å². The van der Waals surface area contributed by atoms with E-state index in [4.69, 9.17) is 21.7 Å².